The minimum Gasteiger partial charge on any atom is -0.505 e. The maximum absolute atomic E-state index is 12.2. The minimum absolute atomic E-state index is 0.0971. The van der Waals surface area contributed by atoms with Crippen molar-refractivity contribution < 1.29 is 18.3 Å². The van der Waals surface area contributed by atoms with Crippen molar-refractivity contribution in [3.05, 3.63) is 23.8 Å². The summed E-state index contributed by atoms with van der Waals surface area (Å²) in [4.78, 5) is 1.39. The molecule has 0 heterocycles. The molecule has 1 rings (SSSR count). The van der Waals surface area contributed by atoms with Crippen LogP contribution >= 0.6 is 0 Å². The van der Waals surface area contributed by atoms with Gasteiger partial charge in [0.05, 0.1) is 11.3 Å². The molecule has 0 bridgehead atoms. The Balaban J connectivity index is 3.20. The van der Waals surface area contributed by atoms with Crippen LogP contribution in [0.25, 0.3) is 0 Å². The van der Waals surface area contributed by atoms with Crippen LogP contribution < -0.4 is 4.90 Å². The van der Waals surface area contributed by atoms with Gasteiger partial charge in [-0.05, 0) is 12.1 Å². The van der Waals surface area contributed by atoms with Crippen LogP contribution in [0.1, 0.15) is 5.56 Å². The summed E-state index contributed by atoms with van der Waals surface area (Å²) in [5, 5.41) is 9.21. The van der Waals surface area contributed by atoms with Gasteiger partial charge in [0.1, 0.15) is 5.75 Å². The van der Waals surface area contributed by atoms with E-state index in [9.17, 15) is 18.3 Å². The number of aromatic hydroxyl groups is 1. The average Bonchev–Trinajstić information content (AvgIpc) is 2.02. The topological polar surface area (TPSA) is 23.5 Å². The molecular formula is C9H9F3NO. The molecule has 1 radical (unpaired) electrons. The smallest absolute Gasteiger partial charge is 0.416 e. The summed E-state index contributed by atoms with van der Waals surface area (Å²) in [6.45, 7) is 0. The quantitative estimate of drug-likeness (QED) is 0.758. The third kappa shape index (κ3) is 2.10. The molecule has 0 saturated heterocycles. The average molecular weight is 204 g/mol. The van der Waals surface area contributed by atoms with Gasteiger partial charge >= 0.3 is 6.18 Å². The number of nitrogens with zero attached hydrogens (tertiary/aromatic N) is 1. The van der Waals surface area contributed by atoms with E-state index in [2.05, 4.69) is 6.07 Å². The normalized spacial score (nSPS) is 11.5. The van der Waals surface area contributed by atoms with E-state index < -0.39 is 11.7 Å². The molecule has 1 N–H and O–H groups in total. The maximum Gasteiger partial charge on any atom is 0.416 e. The van der Waals surface area contributed by atoms with Gasteiger partial charge in [0.15, 0.2) is 0 Å². The van der Waals surface area contributed by atoms with E-state index in [0.717, 1.165) is 12.1 Å². The third-order valence-electron chi connectivity index (χ3n) is 1.71. The lowest BCUT2D eigenvalue weighted by molar-refractivity contribution is -0.137. The number of benzene rings is 1. The second kappa shape index (κ2) is 3.40. The maximum atomic E-state index is 12.2. The molecule has 1 aromatic carbocycles. The molecule has 0 aliphatic carbocycles. The Morgan fingerprint density at radius 2 is 1.93 bits per heavy atom. The monoisotopic (exact) mass is 204 g/mol. The molecule has 0 amide bonds. The fourth-order valence-electron chi connectivity index (χ4n) is 0.982. The van der Waals surface area contributed by atoms with Crippen LogP contribution in [0.4, 0.5) is 18.9 Å². The zero-order valence-corrected chi connectivity index (χ0v) is 7.68. The van der Waals surface area contributed by atoms with E-state index in [1.807, 2.05) is 0 Å². The van der Waals surface area contributed by atoms with Gasteiger partial charge in [-0.1, -0.05) is 0 Å². The molecule has 14 heavy (non-hydrogen) atoms. The van der Waals surface area contributed by atoms with Crippen LogP contribution in [-0.2, 0) is 6.18 Å². The van der Waals surface area contributed by atoms with Crippen molar-refractivity contribution in [1.82, 2.24) is 0 Å². The summed E-state index contributed by atoms with van der Waals surface area (Å²) >= 11 is 0. The molecule has 0 aliphatic heterocycles. The van der Waals surface area contributed by atoms with Crippen LogP contribution in [0.15, 0.2) is 12.1 Å². The van der Waals surface area contributed by atoms with Crippen LogP contribution in [0.3, 0.4) is 0 Å². The second-order valence-electron chi connectivity index (χ2n) is 3.01. The van der Waals surface area contributed by atoms with Gasteiger partial charge < -0.3 is 10.0 Å². The molecule has 1 aromatic rings. The van der Waals surface area contributed by atoms with Gasteiger partial charge in [0.2, 0.25) is 0 Å². The molecule has 2 nitrogen and oxygen atoms in total. The van der Waals surface area contributed by atoms with Crippen molar-refractivity contribution in [2.45, 2.75) is 6.18 Å². The molecule has 0 saturated carbocycles. The van der Waals surface area contributed by atoms with E-state index in [1.54, 1.807) is 14.1 Å². The Morgan fingerprint density at radius 3 is 2.36 bits per heavy atom. The van der Waals surface area contributed by atoms with Gasteiger partial charge in [0.25, 0.3) is 0 Å². The summed E-state index contributed by atoms with van der Waals surface area (Å²) in [6.07, 6.45) is -4.41. The molecule has 5 heteroatoms. The Hall–Kier alpha value is -1.39. The van der Waals surface area contributed by atoms with Crippen molar-refractivity contribution in [2.75, 3.05) is 19.0 Å². The zero-order valence-electron chi connectivity index (χ0n) is 7.68. The second-order valence-corrected chi connectivity index (χ2v) is 3.01. The molecular weight excluding hydrogens is 195 g/mol. The fraction of sp³-hybridized carbons (Fsp3) is 0.333. The molecule has 0 spiro atoms. The van der Waals surface area contributed by atoms with Crippen molar-refractivity contribution in [2.24, 2.45) is 0 Å². The summed E-state index contributed by atoms with van der Waals surface area (Å²) in [5.74, 6) is -0.289. The summed E-state index contributed by atoms with van der Waals surface area (Å²) in [7, 11) is 3.09. The zero-order chi connectivity index (χ0) is 10.9. The largest absolute Gasteiger partial charge is 0.505 e. The highest BCUT2D eigenvalue weighted by Gasteiger charge is 2.31. The van der Waals surface area contributed by atoms with Crippen molar-refractivity contribution >= 4 is 5.69 Å². The lowest BCUT2D eigenvalue weighted by atomic mass is 10.1. The van der Waals surface area contributed by atoms with Crippen LogP contribution in [0.2, 0.25) is 0 Å². The first-order valence-corrected chi connectivity index (χ1v) is 3.81. The Kier molecular flexibility index (Phi) is 2.59. The Labute approximate surface area is 79.6 Å². The van der Waals surface area contributed by atoms with E-state index in [4.69, 9.17) is 0 Å². The predicted octanol–water partition coefficient (Wildman–Crippen LogP) is 2.28. The number of halogens is 3. The standard InChI is InChI=1S/C9H9F3NO/c1-13(2)7-5-6(9(10,11)12)3-4-8(7)14/h3,5,14H,1-2H3. The first-order chi connectivity index (χ1) is 6.32. The highest BCUT2D eigenvalue weighted by Crippen LogP contribution is 2.34. The van der Waals surface area contributed by atoms with Gasteiger partial charge in [-0.3, -0.25) is 0 Å². The van der Waals surface area contributed by atoms with Gasteiger partial charge in [0, 0.05) is 20.2 Å². The Bertz CT molecular complexity index is 333. The summed E-state index contributed by atoms with van der Waals surface area (Å²) < 4.78 is 36.7. The highest BCUT2D eigenvalue weighted by molar-refractivity contribution is 5.58. The minimum atomic E-state index is -4.41. The molecule has 0 fully saturated rings. The van der Waals surface area contributed by atoms with Gasteiger partial charge in [-0.25, -0.2) is 0 Å². The van der Waals surface area contributed by atoms with Crippen molar-refractivity contribution in [3.63, 3.8) is 0 Å². The number of phenolic OH excluding ortho intramolecular Hbond substituents is 1. The number of alkyl halides is 3. The van der Waals surface area contributed by atoms with Crippen LogP contribution in [0.5, 0.6) is 5.75 Å². The van der Waals surface area contributed by atoms with Crippen LogP contribution in [-0.4, -0.2) is 19.2 Å². The number of hydrogen-bond donors (Lipinski definition) is 1. The molecule has 0 unspecified atom stereocenters. The van der Waals surface area contributed by atoms with E-state index in [0.29, 0.717) is 0 Å². The first-order valence-electron chi connectivity index (χ1n) is 3.81. The molecule has 0 atom stereocenters. The number of hydrogen-bond acceptors (Lipinski definition) is 2. The predicted molar refractivity (Wildman–Crippen MR) is 46.3 cm³/mol. The highest BCUT2D eigenvalue weighted by atomic mass is 19.4. The van der Waals surface area contributed by atoms with Gasteiger partial charge in [-0.2, -0.15) is 13.2 Å². The molecule has 77 valence electrons. The lowest BCUT2D eigenvalue weighted by Crippen LogP contribution is -2.11. The Morgan fingerprint density at radius 1 is 1.36 bits per heavy atom. The third-order valence-corrected chi connectivity index (χ3v) is 1.71. The number of anilines is 1. The molecule has 0 aliphatic rings. The fourth-order valence-corrected chi connectivity index (χ4v) is 0.982. The van der Waals surface area contributed by atoms with E-state index in [-0.39, 0.29) is 11.4 Å². The van der Waals surface area contributed by atoms with Gasteiger partial charge in [-0.15, -0.1) is 0 Å². The molecule has 0 aromatic heterocycles. The first kappa shape index (κ1) is 10.7. The summed E-state index contributed by atoms with van der Waals surface area (Å²) in [6, 6.07) is 3.76. The summed E-state index contributed by atoms with van der Waals surface area (Å²) in [5.41, 5.74) is -0.723. The van der Waals surface area contributed by atoms with E-state index >= 15 is 0 Å². The van der Waals surface area contributed by atoms with E-state index in [1.165, 1.54) is 4.90 Å². The lowest BCUT2D eigenvalue weighted by Gasteiger charge is -2.16. The van der Waals surface area contributed by atoms with Crippen molar-refractivity contribution in [1.29, 1.82) is 0 Å². The van der Waals surface area contributed by atoms with Crippen LogP contribution in [0, 0.1) is 6.07 Å². The SMILES string of the molecule is CN(C)c1cc(C(F)(F)F)c[c]c1O. The van der Waals surface area contributed by atoms with Crippen molar-refractivity contribution in [3.8, 4) is 5.75 Å². The number of rotatable bonds is 1. The number of phenols is 1.